The van der Waals surface area contributed by atoms with Crippen molar-refractivity contribution in [3.05, 3.63) is 34.5 Å². The van der Waals surface area contributed by atoms with Gasteiger partial charge in [-0.05, 0) is 19.1 Å². The number of phenols is 4. The van der Waals surface area contributed by atoms with Gasteiger partial charge >= 0.3 is 0 Å². The minimum absolute atomic E-state index is 0.0251. The third-order valence-corrected chi connectivity index (χ3v) is 5.50. The van der Waals surface area contributed by atoms with E-state index in [-0.39, 0.29) is 28.0 Å². The van der Waals surface area contributed by atoms with Crippen LogP contribution in [-0.4, -0.2) is 73.6 Å². The molecule has 0 radical (unpaired) electrons. The Morgan fingerprint density at radius 3 is 2.29 bits per heavy atom. The summed E-state index contributed by atoms with van der Waals surface area (Å²) in [6.45, 7) is 1.41. The lowest BCUT2D eigenvalue weighted by atomic mass is 10.00. The Morgan fingerprint density at radius 1 is 0.912 bits per heavy atom. The molecule has 1 aromatic heterocycles. The number of rotatable bonds is 4. The predicted molar refractivity (Wildman–Crippen MR) is 114 cm³/mol. The largest absolute Gasteiger partial charge is 0.508 e. The van der Waals surface area contributed by atoms with Crippen LogP contribution >= 0.6 is 0 Å². The van der Waals surface area contributed by atoms with Crippen LogP contribution in [0.15, 0.2) is 33.5 Å². The number of hydrogen-bond donors (Lipinski definition) is 7. The summed E-state index contributed by atoms with van der Waals surface area (Å²) in [5, 5.41) is 70.1. The molecule has 2 aromatic carbocycles. The zero-order chi connectivity index (χ0) is 24.9. The fourth-order valence-corrected chi connectivity index (χ4v) is 3.67. The molecule has 12 heteroatoms. The average Bonchev–Trinajstić information content (AvgIpc) is 2.78. The van der Waals surface area contributed by atoms with Crippen LogP contribution in [0.4, 0.5) is 0 Å². The zero-order valence-electron chi connectivity index (χ0n) is 17.9. The first-order valence-corrected chi connectivity index (χ1v) is 10.0. The molecule has 0 saturated carbocycles. The summed E-state index contributed by atoms with van der Waals surface area (Å²) in [6, 6.07) is 4.23. The van der Waals surface area contributed by atoms with Crippen molar-refractivity contribution >= 4 is 11.0 Å². The lowest BCUT2D eigenvalue weighted by molar-refractivity contribution is -0.268. The second-order valence-corrected chi connectivity index (χ2v) is 7.77. The topological polar surface area (TPSA) is 200 Å². The van der Waals surface area contributed by atoms with Gasteiger partial charge in [-0.15, -0.1) is 0 Å². The highest BCUT2D eigenvalue weighted by atomic mass is 16.7. The van der Waals surface area contributed by atoms with E-state index in [9.17, 15) is 40.5 Å². The summed E-state index contributed by atoms with van der Waals surface area (Å²) in [6.07, 6.45) is -7.48. The Balaban J connectivity index is 1.96. The van der Waals surface area contributed by atoms with Gasteiger partial charge in [0.15, 0.2) is 17.3 Å². The van der Waals surface area contributed by atoms with Crippen LogP contribution < -0.4 is 14.9 Å². The summed E-state index contributed by atoms with van der Waals surface area (Å²) in [5.74, 6) is -3.35. The third kappa shape index (κ3) is 3.82. The molecule has 2 heterocycles. The number of fused-ring (bicyclic) bond motifs is 1. The van der Waals surface area contributed by atoms with E-state index in [0.717, 1.165) is 18.2 Å². The molecule has 1 saturated heterocycles. The van der Waals surface area contributed by atoms with Gasteiger partial charge in [0.25, 0.3) is 0 Å². The number of benzene rings is 2. The molecular weight excluding hydrogens is 456 g/mol. The van der Waals surface area contributed by atoms with Gasteiger partial charge in [-0.1, -0.05) is 0 Å². The number of aliphatic hydroxyl groups excluding tert-OH is 3. The van der Waals surface area contributed by atoms with Gasteiger partial charge in [-0.2, -0.15) is 0 Å². The molecule has 4 rings (SSSR count). The SMILES string of the molecule is COc1cc(-c2oc3cc(O)cc(O)c3c(=O)c2O[C@H]2O[C@@H](C)[C@H](O)[C@@H](O)[C@@H]2O)cc(O)c1O. The fourth-order valence-electron chi connectivity index (χ4n) is 3.67. The van der Waals surface area contributed by atoms with Crippen molar-refractivity contribution in [3.63, 3.8) is 0 Å². The summed E-state index contributed by atoms with van der Waals surface area (Å²) >= 11 is 0. The van der Waals surface area contributed by atoms with Gasteiger partial charge in [0.1, 0.15) is 40.8 Å². The molecule has 1 aliphatic rings. The highest BCUT2D eigenvalue weighted by Gasteiger charge is 2.44. The Labute approximate surface area is 191 Å². The maximum Gasteiger partial charge on any atom is 0.239 e. The van der Waals surface area contributed by atoms with Crippen LogP contribution in [0.3, 0.4) is 0 Å². The first-order valence-electron chi connectivity index (χ1n) is 10.0. The van der Waals surface area contributed by atoms with Crippen LogP contribution in [0.5, 0.6) is 34.5 Å². The van der Waals surface area contributed by atoms with Gasteiger partial charge in [0.05, 0.1) is 13.2 Å². The molecular formula is C22H22O12. The number of ether oxygens (including phenoxy) is 3. The van der Waals surface area contributed by atoms with E-state index in [1.54, 1.807) is 0 Å². The van der Waals surface area contributed by atoms with E-state index >= 15 is 0 Å². The van der Waals surface area contributed by atoms with Crippen LogP contribution in [-0.2, 0) is 4.74 Å². The molecule has 5 atom stereocenters. The van der Waals surface area contributed by atoms with Crippen molar-refractivity contribution < 1.29 is 54.4 Å². The number of methoxy groups -OCH3 is 1. The number of aliphatic hydroxyl groups is 3. The Morgan fingerprint density at radius 2 is 1.62 bits per heavy atom. The van der Waals surface area contributed by atoms with Gasteiger partial charge < -0.3 is 54.4 Å². The molecule has 0 aliphatic carbocycles. The molecule has 12 nitrogen and oxygen atoms in total. The molecule has 1 fully saturated rings. The van der Waals surface area contributed by atoms with Crippen LogP contribution in [0.25, 0.3) is 22.3 Å². The van der Waals surface area contributed by atoms with Crippen LogP contribution in [0, 0.1) is 0 Å². The first-order chi connectivity index (χ1) is 16.0. The second-order valence-electron chi connectivity index (χ2n) is 7.77. The Kier molecular flexibility index (Phi) is 5.91. The zero-order valence-corrected chi connectivity index (χ0v) is 17.9. The van der Waals surface area contributed by atoms with Gasteiger partial charge in [0.2, 0.25) is 23.2 Å². The monoisotopic (exact) mass is 478 g/mol. The molecule has 182 valence electrons. The Bertz CT molecular complexity index is 1300. The summed E-state index contributed by atoms with van der Waals surface area (Å²) in [5.41, 5.74) is -1.21. The van der Waals surface area contributed by atoms with Gasteiger partial charge in [-0.3, -0.25) is 4.79 Å². The second kappa shape index (κ2) is 8.57. The van der Waals surface area contributed by atoms with E-state index in [2.05, 4.69) is 0 Å². The summed E-state index contributed by atoms with van der Waals surface area (Å²) in [7, 11) is 1.22. The smallest absolute Gasteiger partial charge is 0.239 e. The van der Waals surface area contributed by atoms with E-state index in [1.807, 2.05) is 0 Å². The standard InChI is InChI=1S/C22H22O12/c1-7-15(26)18(29)19(30)22(32-7)34-21-17(28)14-10(24)5-9(23)6-12(14)33-20(21)8-3-11(25)16(27)13(4-8)31-2/h3-7,15,18-19,22-27,29-30H,1-2H3/t7-,15-,18+,19-,22+/m0/s1. The van der Waals surface area contributed by atoms with Crippen molar-refractivity contribution in [2.24, 2.45) is 0 Å². The van der Waals surface area contributed by atoms with Crippen molar-refractivity contribution in [3.8, 4) is 45.8 Å². The van der Waals surface area contributed by atoms with E-state index in [1.165, 1.54) is 20.1 Å². The van der Waals surface area contributed by atoms with Crippen LogP contribution in [0.1, 0.15) is 6.92 Å². The number of aromatic hydroxyl groups is 4. The predicted octanol–water partition coefficient (Wildman–Crippen LogP) is 0.497. The molecule has 0 spiro atoms. The summed E-state index contributed by atoms with van der Waals surface area (Å²) < 4.78 is 21.7. The molecule has 1 aliphatic heterocycles. The highest BCUT2D eigenvalue weighted by Crippen LogP contribution is 2.43. The Hall–Kier alpha value is -3.71. The minimum Gasteiger partial charge on any atom is -0.508 e. The van der Waals surface area contributed by atoms with Crippen molar-refractivity contribution in [2.75, 3.05) is 7.11 Å². The van der Waals surface area contributed by atoms with E-state index < -0.39 is 64.9 Å². The van der Waals surface area contributed by atoms with Gasteiger partial charge in [-0.25, -0.2) is 0 Å². The third-order valence-electron chi connectivity index (χ3n) is 5.50. The molecule has 0 amide bonds. The molecule has 3 aromatic rings. The van der Waals surface area contributed by atoms with E-state index in [4.69, 9.17) is 18.6 Å². The van der Waals surface area contributed by atoms with Crippen molar-refractivity contribution in [2.45, 2.75) is 37.6 Å². The van der Waals surface area contributed by atoms with E-state index in [0.29, 0.717) is 0 Å². The molecule has 34 heavy (non-hydrogen) atoms. The lowest BCUT2D eigenvalue weighted by Crippen LogP contribution is -2.58. The lowest BCUT2D eigenvalue weighted by Gasteiger charge is -2.38. The highest BCUT2D eigenvalue weighted by molar-refractivity contribution is 5.88. The molecule has 7 N–H and O–H groups in total. The quantitative estimate of drug-likeness (QED) is 0.257. The van der Waals surface area contributed by atoms with Crippen molar-refractivity contribution in [1.29, 1.82) is 0 Å². The average molecular weight is 478 g/mol. The maximum absolute atomic E-state index is 13.3. The summed E-state index contributed by atoms with van der Waals surface area (Å²) in [4.78, 5) is 13.3. The van der Waals surface area contributed by atoms with Gasteiger partial charge in [0, 0.05) is 17.7 Å². The first kappa shape index (κ1) is 23.4. The maximum atomic E-state index is 13.3. The molecule has 0 bridgehead atoms. The minimum atomic E-state index is -1.77. The van der Waals surface area contributed by atoms with Crippen LogP contribution in [0.2, 0.25) is 0 Å². The normalized spacial score (nSPS) is 24.8. The van der Waals surface area contributed by atoms with Crippen molar-refractivity contribution in [1.82, 2.24) is 0 Å². The number of hydrogen-bond acceptors (Lipinski definition) is 12. The molecule has 0 unspecified atom stereocenters. The number of phenolic OH excluding ortho intramolecular Hbond substituents is 4. The fraction of sp³-hybridized carbons (Fsp3) is 0.318.